The van der Waals surface area contributed by atoms with Crippen molar-refractivity contribution in [3.63, 3.8) is 0 Å². The van der Waals surface area contributed by atoms with E-state index < -0.39 is 0 Å². The number of rotatable bonds is 3. The third-order valence-electron chi connectivity index (χ3n) is 2.72. The molecule has 0 bridgehead atoms. The van der Waals surface area contributed by atoms with E-state index in [-0.39, 0.29) is 0 Å². The summed E-state index contributed by atoms with van der Waals surface area (Å²) in [6.07, 6.45) is 2.99. The zero-order valence-corrected chi connectivity index (χ0v) is 7.75. The Morgan fingerprint density at radius 2 is 2.33 bits per heavy atom. The van der Waals surface area contributed by atoms with Crippen LogP contribution in [0.25, 0.3) is 0 Å². The van der Waals surface area contributed by atoms with Gasteiger partial charge in [0.25, 0.3) is 0 Å². The van der Waals surface area contributed by atoms with Crippen molar-refractivity contribution in [3.8, 4) is 0 Å². The van der Waals surface area contributed by atoms with E-state index in [1.807, 2.05) is 0 Å². The number of nitrogens with one attached hydrogen (secondary N) is 1. The molecule has 0 amide bonds. The third-order valence-corrected chi connectivity index (χ3v) is 2.72. The molecule has 1 N–H and O–H groups in total. The van der Waals surface area contributed by atoms with Crippen LogP contribution in [-0.4, -0.2) is 50.3 Å². The molecular weight excluding hydrogens is 152 g/mol. The van der Waals surface area contributed by atoms with Crippen LogP contribution in [0.2, 0.25) is 0 Å². The molecule has 1 unspecified atom stereocenters. The van der Waals surface area contributed by atoms with Crippen molar-refractivity contribution >= 4 is 0 Å². The molecule has 0 aromatic heterocycles. The molecule has 2 aliphatic rings. The minimum Gasteiger partial charge on any atom is -0.377 e. The fourth-order valence-electron chi connectivity index (χ4n) is 1.93. The number of hydrogen-bond donors (Lipinski definition) is 1. The predicted molar refractivity (Wildman–Crippen MR) is 48.3 cm³/mol. The predicted octanol–water partition coefficient (Wildman–Crippen LogP) is 0.0690. The van der Waals surface area contributed by atoms with Crippen LogP contribution in [0.3, 0.4) is 0 Å². The Morgan fingerprint density at radius 1 is 1.50 bits per heavy atom. The van der Waals surface area contributed by atoms with E-state index in [0.717, 1.165) is 19.2 Å². The normalized spacial score (nSPS) is 32.2. The molecule has 1 atom stereocenters. The van der Waals surface area contributed by atoms with E-state index in [1.54, 1.807) is 0 Å². The van der Waals surface area contributed by atoms with Gasteiger partial charge in [0.05, 0.1) is 6.10 Å². The quantitative estimate of drug-likeness (QED) is 0.648. The van der Waals surface area contributed by atoms with E-state index >= 15 is 0 Å². The highest BCUT2D eigenvalue weighted by atomic mass is 16.5. The fraction of sp³-hybridized carbons (Fsp3) is 1.00. The lowest BCUT2D eigenvalue weighted by Crippen LogP contribution is -2.57. The Kier molecular flexibility index (Phi) is 2.63. The van der Waals surface area contributed by atoms with Gasteiger partial charge in [0, 0.05) is 32.3 Å². The van der Waals surface area contributed by atoms with Crippen LogP contribution in [0.15, 0.2) is 0 Å². The standard InChI is InChI=1S/C9H18N2O/c1-11-6-8(7-11)10-5-9-3-2-4-12-9/h8-10H,2-7H2,1H3. The summed E-state index contributed by atoms with van der Waals surface area (Å²) in [5.41, 5.74) is 0. The minimum atomic E-state index is 0.496. The monoisotopic (exact) mass is 170 g/mol. The van der Waals surface area contributed by atoms with Gasteiger partial charge in [0.1, 0.15) is 0 Å². The molecule has 2 aliphatic heterocycles. The van der Waals surface area contributed by atoms with Gasteiger partial charge in [-0.3, -0.25) is 0 Å². The Balaban J connectivity index is 1.56. The van der Waals surface area contributed by atoms with Crippen LogP contribution >= 0.6 is 0 Å². The van der Waals surface area contributed by atoms with Gasteiger partial charge >= 0.3 is 0 Å². The Bertz CT molecular complexity index is 139. The summed E-state index contributed by atoms with van der Waals surface area (Å²) in [6, 6.07) is 0.721. The molecule has 0 aromatic carbocycles. The van der Waals surface area contributed by atoms with E-state index in [4.69, 9.17) is 4.74 Å². The summed E-state index contributed by atoms with van der Waals surface area (Å²) >= 11 is 0. The van der Waals surface area contributed by atoms with Gasteiger partial charge in [-0.1, -0.05) is 0 Å². The molecule has 2 rings (SSSR count). The molecule has 0 aliphatic carbocycles. The summed E-state index contributed by atoms with van der Waals surface area (Å²) in [5.74, 6) is 0. The van der Waals surface area contributed by atoms with E-state index in [9.17, 15) is 0 Å². The Morgan fingerprint density at radius 3 is 2.92 bits per heavy atom. The molecule has 2 saturated heterocycles. The average Bonchev–Trinajstić information content (AvgIpc) is 2.47. The zero-order valence-electron chi connectivity index (χ0n) is 7.75. The zero-order chi connectivity index (χ0) is 8.39. The van der Waals surface area contributed by atoms with E-state index in [1.165, 1.54) is 25.9 Å². The first kappa shape index (κ1) is 8.48. The largest absolute Gasteiger partial charge is 0.377 e. The van der Waals surface area contributed by atoms with Gasteiger partial charge in [0.2, 0.25) is 0 Å². The highest BCUT2D eigenvalue weighted by Gasteiger charge is 2.24. The van der Waals surface area contributed by atoms with Gasteiger partial charge in [-0.05, 0) is 19.9 Å². The molecule has 3 nitrogen and oxygen atoms in total. The maximum absolute atomic E-state index is 5.52. The van der Waals surface area contributed by atoms with Crippen LogP contribution in [0.1, 0.15) is 12.8 Å². The Hall–Kier alpha value is -0.120. The summed E-state index contributed by atoms with van der Waals surface area (Å²) < 4.78 is 5.52. The van der Waals surface area contributed by atoms with Gasteiger partial charge in [-0.25, -0.2) is 0 Å². The lowest BCUT2D eigenvalue weighted by Gasteiger charge is -2.37. The van der Waals surface area contributed by atoms with Crippen molar-refractivity contribution in [2.45, 2.75) is 25.0 Å². The number of hydrogen-bond acceptors (Lipinski definition) is 3. The second-order valence-corrected chi connectivity index (χ2v) is 3.96. The van der Waals surface area contributed by atoms with Crippen LogP contribution in [0.4, 0.5) is 0 Å². The highest BCUT2D eigenvalue weighted by Crippen LogP contribution is 2.11. The van der Waals surface area contributed by atoms with Crippen molar-refractivity contribution in [1.82, 2.24) is 10.2 Å². The smallest absolute Gasteiger partial charge is 0.0700 e. The summed E-state index contributed by atoms with van der Waals surface area (Å²) in [7, 11) is 2.16. The van der Waals surface area contributed by atoms with Crippen LogP contribution < -0.4 is 5.32 Å². The molecule has 0 aromatic rings. The molecule has 70 valence electrons. The van der Waals surface area contributed by atoms with Crippen LogP contribution in [0.5, 0.6) is 0 Å². The second-order valence-electron chi connectivity index (χ2n) is 3.96. The maximum Gasteiger partial charge on any atom is 0.0700 e. The van der Waals surface area contributed by atoms with Crippen molar-refractivity contribution in [2.75, 3.05) is 33.3 Å². The van der Waals surface area contributed by atoms with Crippen molar-refractivity contribution in [1.29, 1.82) is 0 Å². The first-order valence-electron chi connectivity index (χ1n) is 4.88. The highest BCUT2D eigenvalue weighted by molar-refractivity contribution is 4.84. The second kappa shape index (κ2) is 3.73. The molecule has 3 heteroatoms. The van der Waals surface area contributed by atoms with Gasteiger partial charge in [-0.15, -0.1) is 0 Å². The summed E-state index contributed by atoms with van der Waals surface area (Å²) in [4.78, 5) is 2.33. The lowest BCUT2D eigenvalue weighted by molar-refractivity contribution is 0.0919. The molecule has 0 radical (unpaired) electrons. The summed E-state index contributed by atoms with van der Waals surface area (Å²) in [5, 5.41) is 3.52. The van der Waals surface area contributed by atoms with E-state index in [2.05, 4.69) is 17.3 Å². The summed E-state index contributed by atoms with van der Waals surface area (Å²) in [6.45, 7) is 4.43. The van der Waals surface area contributed by atoms with Gasteiger partial charge < -0.3 is 15.0 Å². The maximum atomic E-state index is 5.52. The number of likely N-dealkylation sites (tertiary alicyclic amines) is 1. The number of nitrogens with zero attached hydrogens (tertiary/aromatic N) is 1. The van der Waals surface area contributed by atoms with Gasteiger partial charge in [0.15, 0.2) is 0 Å². The third kappa shape index (κ3) is 1.97. The van der Waals surface area contributed by atoms with Crippen LogP contribution in [0, 0.1) is 0 Å². The molecule has 12 heavy (non-hydrogen) atoms. The first-order chi connectivity index (χ1) is 5.84. The topological polar surface area (TPSA) is 24.5 Å². The minimum absolute atomic E-state index is 0.496. The number of likely N-dealkylation sites (N-methyl/N-ethyl adjacent to an activating group) is 1. The lowest BCUT2D eigenvalue weighted by atomic mass is 10.1. The molecular formula is C9H18N2O. The van der Waals surface area contributed by atoms with Crippen molar-refractivity contribution in [3.05, 3.63) is 0 Å². The fourth-order valence-corrected chi connectivity index (χ4v) is 1.93. The SMILES string of the molecule is CN1CC(NCC2CCCO2)C1. The van der Waals surface area contributed by atoms with Crippen LogP contribution in [-0.2, 0) is 4.74 Å². The average molecular weight is 170 g/mol. The molecule has 0 saturated carbocycles. The van der Waals surface area contributed by atoms with Crippen molar-refractivity contribution < 1.29 is 4.74 Å². The molecule has 2 fully saturated rings. The first-order valence-corrected chi connectivity index (χ1v) is 4.88. The molecule has 2 heterocycles. The van der Waals surface area contributed by atoms with Crippen molar-refractivity contribution in [2.24, 2.45) is 0 Å². The van der Waals surface area contributed by atoms with E-state index in [0.29, 0.717) is 6.10 Å². The molecule has 0 spiro atoms. The van der Waals surface area contributed by atoms with Gasteiger partial charge in [-0.2, -0.15) is 0 Å². The Labute approximate surface area is 74.1 Å². The number of ether oxygens (including phenoxy) is 1.